The summed E-state index contributed by atoms with van der Waals surface area (Å²) in [6.45, 7) is 1.60. The molecular weight excluding hydrogens is 298 g/mol. The van der Waals surface area contributed by atoms with E-state index in [1.807, 2.05) is 0 Å². The van der Waals surface area contributed by atoms with Gasteiger partial charge in [0.2, 0.25) is 0 Å². The summed E-state index contributed by atoms with van der Waals surface area (Å²) in [5, 5.41) is 24.6. The average Bonchev–Trinajstić information content (AvgIpc) is 2.70. The highest BCUT2D eigenvalue weighted by Gasteiger charge is 2.18. The first kappa shape index (κ1) is 15.3. The highest BCUT2D eigenvalue weighted by molar-refractivity contribution is 6.30. The van der Waals surface area contributed by atoms with Gasteiger partial charge < -0.3 is 9.84 Å². The molecule has 1 N–H and O–H groups in total. The van der Waals surface area contributed by atoms with Crippen LogP contribution >= 0.6 is 11.6 Å². The average molecular weight is 312 g/mol. The largest absolute Gasteiger partial charge is 0.482 e. The molecule has 0 aliphatic heterocycles. The monoisotopic (exact) mass is 311 g/mol. The van der Waals surface area contributed by atoms with E-state index >= 15 is 0 Å². The fraction of sp³-hybridized carbons (Fsp3) is 0.308. The third kappa shape index (κ3) is 3.14. The maximum atomic E-state index is 11.0. The summed E-state index contributed by atoms with van der Waals surface area (Å²) < 4.78 is 7.01. The molecule has 7 nitrogen and oxygen atoms in total. The summed E-state index contributed by atoms with van der Waals surface area (Å²) in [7, 11) is 1.71. The van der Waals surface area contributed by atoms with E-state index in [1.165, 1.54) is 16.8 Å². The Labute approximate surface area is 125 Å². The molecule has 0 saturated heterocycles. The summed E-state index contributed by atoms with van der Waals surface area (Å²) in [6, 6.07) is 4.32. The summed E-state index contributed by atoms with van der Waals surface area (Å²) in [4.78, 5) is 10.5. The van der Waals surface area contributed by atoms with Crippen LogP contribution < -0.4 is 4.74 Å². The Bertz CT molecular complexity index is 684. The number of aryl methyl sites for hydroxylation is 2. The van der Waals surface area contributed by atoms with Crippen molar-refractivity contribution in [2.45, 2.75) is 20.1 Å². The van der Waals surface area contributed by atoms with Crippen LogP contribution in [-0.4, -0.2) is 19.8 Å². The molecule has 1 aromatic heterocycles. The normalized spacial score (nSPS) is 10.7. The molecule has 1 heterocycles. The number of nitro benzene ring substituents is 1. The van der Waals surface area contributed by atoms with Gasteiger partial charge in [0.25, 0.3) is 0 Å². The Morgan fingerprint density at radius 1 is 1.52 bits per heavy atom. The summed E-state index contributed by atoms with van der Waals surface area (Å²) in [5.41, 5.74) is 1.64. The first-order chi connectivity index (χ1) is 9.93. The number of halogens is 1. The molecule has 0 bridgehead atoms. The van der Waals surface area contributed by atoms with Gasteiger partial charge >= 0.3 is 5.69 Å². The quantitative estimate of drug-likeness (QED) is 0.676. The number of aliphatic hydroxyl groups excluding tert-OH is 1. The van der Waals surface area contributed by atoms with Crippen LogP contribution in [0.5, 0.6) is 5.75 Å². The van der Waals surface area contributed by atoms with Gasteiger partial charge in [0.05, 0.1) is 17.2 Å². The lowest BCUT2D eigenvalue weighted by Crippen LogP contribution is -2.01. The fourth-order valence-corrected chi connectivity index (χ4v) is 2.14. The smallest absolute Gasteiger partial charge is 0.311 e. The van der Waals surface area contributed by atoms with Gasteiger partial charge in [0, 0.05) is 18.7 Å². The Balaban J connectivity index is 2.25. The van der Waals surface area contributed by atoms with Crippen molar-refractivity contribution in [3.8, 4) is 5.75 Å². The van der Waals surface area contributed by atoms with Gasteiger partial charge in [0.15, 0.2) is 5.75 Å². The molecule has 0 aliphatic rings. The lowest BCUT2D eigenvalue weighted by molar-refractivity contribution is -0.386. The van der Waals surface area contributed by atoms with Crippen LogP contribution in [0.2, 0.25) is 5.15 Å². The molecule has 1 aromatic carbocycles. The molecule has 0 atom stereocenters. The SMILES string of the molecule is Cc1nn(C)c(Cl)c1COc1ccc(CO)cc1[N+](=O)[O-]. The number of aliphatic hydroxyl groups is 1. The van der Waals surface area contributed by atoms with E-state index in [1.54, 1.807) is 20.0 Å². The third-order valence-corrected chi connectivity index (χ3v) is 3.52. The number of aromatic nitrogens is 2. The van der Waals surface area contributed by atoms with Crippen molar-refractivity contribution in [2.75, 3.05) is 0 Å². The maximum absolute atomic E-state index is 11.0. The summed E-state index contributed by atoms with van der Waals surface area (Å²) >= 11 is 6.08. The van der Waals surface area contributed by atoms with E-state index < -0.39 is 4.92 Å². The van der Waals surface area contributed by atoms with Gasteiger partial charge in [-0.15, -0.1) is 0 Å². The molecule has 21 heavy (non-hydrogen) atoms. The van der Waals surface area contributed by atoms with Gasteiger partial charge in [-0.1, -0.05) is 17.7 Å². The first-order valence-corrected chi connectivity index (χ1v) is 6.50. The highest BCUT2D eigenvalue weighted by Crippen LogP contribution is 2.30. The lowest BCUT2D eigenvalue weighted by atomic mass is 10.2. The van der Waals surface area contributed by atoms with Crippen molar-refractivity contribution in [2.24, 2.45) is 7.05 Å². The Hall–Kier alpha value is -2.12. The van der Waals surface area contributed by atoms with Crippen LogP contribution in [0.25, 0.3) is 0 Å². The first-order valence-electron chi connectivity index (χ1n) is 6.13. The highest BCUT2D eigenvalue weighted by atomic mass is 35.5. The van der Waals surface area contributed by atoms with Crippen LogP contribution in [0.15, 0.2) is 18.2 Å². The summed E-state index contributed by atoms with van der Waals surface area (Å²) in [5.74, 6) is 0.122. The molecule has 2 aromatic rings. The molecule has 0 unspecified atom stereocenters. The van der Waals surface area contributed by atoms with Crippen molar-refractivity contribution in [3.05, 3.63) is 50.3 Å². The Kier molecular flexibility index (Phi) is 4.44. The van der Waals surface area contributed by atoms with Gasteiger partial charge in [-0.05, 0) is 18.6 Å². The molecule has 8 heteroatoms. The number of hydrogen-bond acceptors (Lipinski definition) is 5. The van der Waals surface area contributed by atoms with E-state index in [4.69, 9.17) is 21.4 Å². The Morgan fingerprint density at radius 3 is 2.76 bits per heavy atom. The van der Waals surface area contributed by atoms with Gasteiger partial charge in [-0.3, -0.25) is 14.8 Å². The predicted octanol–water partition coefficient (Wildman–Crippen LogP) is 2.36. The molecule has 0 radical (unpaired) electrons. The van der Waals surface area contributed by atoms with Crippen molar-refractivity contribution in [1.82, 2.24) is 9.78 Å². The number of rotatable bonds is 5. The molecule has 2 rings (SSSR count). The molecule has 0 aliphatic carbocycles. The molecule has 112 valence electrons. The molecular formula is C13H14ClN3O4. The lowest BCUT2D eigenvalue weighted by Gasteiger charge is -2.07. The topological polar surface area (TPSA) is 90.4 Å². The van der Waals surface area contributed by atoms with Crippen molar-refractivity contribution in [1.29, 1.82) is 0 Å². The second-order valence-corrected chi connectivity index (χ2v) is 4.84. The zero-order valence-electron chi connectivity index (χ0n) is 11.5. The zero-order valence-corrected chi connectivity index (χ0v) is 12.3. The summed E-state index contributed by atoms with van der Waals surface area (Å²) in [6.07, 6.45) is 0. The van der Waals surface area contributed by atoms with E-state index in [-0.39, 0.29) is 24.7 Å². The van der Waals surface area contributed by atoms with Crippen LogP contribution in [0.1, 0.15) is 16.8 Å². The van der Waals surface area contributed by atoms with Crippen molar-refractivity contribution >= 4 is 17.3 Å². The number of ether oxygens (including phenoxy) is 1. The fourth-order valence-electron chi connectivity index (χ4n) is 1.91. The molecule has 0 saturated carbocycles. The zero-order chi connectivity index (χ0) is 15.6. The second-order valence-electron chi connectivity index (χ2n) is 4.48. The minimum atomic E-state index is -0.549. The van der Waals surface area contributed by atoms with Gasteiger partial charge in [-0.2, -0.15) is 5.10 Å². The van der Waals surface area contributed by atoms with E-state index in [0.717, 1.165) is 0 Å². The maximum Gasteiger partial charge on any atom is 0.311 e. The van der Waals surface area contributed by atoms with Crippen LogP contribution in [0, 0.1) is 17.0 Å². The van der Waals surface area contributed by atoms with Gasteiger partial charge in [-0.25, -0.2) is 0 Å². The second kappa shape index (κ2) is 6.11. The van der Waals surface area contributed by atoms with Gasteiger partial charge in [0.1, 0.15) is 11.8 Å². The minimum absolute atomic E-state index is 0.0812. The van der Waals surface area contributed by atoms with E-state index in [9.17, 15) is 10.1 Å². The predicted molar refractivity (Wildman–Crippen MR) is 76.3 cm³/mol. The van der Waals surface area contributed by atoms with Crippen LogP contribution in [0.3, 0.4) is 0 Å². The van der Waals surface area contributed by atoms with Crippen molar-refractivity contribution in [3.63, 3.8) is 0 Å². The molecule has 0 spiro atoms. The van der Waals surface area contributed by atoms with E-state index in [0.29, 0.717) is 22.0 Å². The number of hydrogen-bond donors (Lipinski definition) is 1. The molecule has 0 fully saturated rings. The number of nitrogens with zero attached hydrogens (tertiary/aromatic N) is 3. The van der Waals surface area contributed by atoms with Crippen LogP contribution in [0.4, 0.5) is 5.69 Å². The third-order valence-electron chi connectivity index (χ3n) is 3.04. The number of benzene rings is 1. The number of nitro groups is 1. The van der Waals surface area contributed by atoms with E-state index in [2.05, 4.69) is 5.10 Å². The molecule has 0 amide bonds. The Morgan fingerprint density at radius 2 is 2.24 bits per heavy atom. The minimum Gasteiger partial charge on any atom is -0.482 e. The standard InChI is InChI=1S/C13H14ClN3O4/c1-8-10(13(14)16(2)15-8)7-21-12-4-3-9(6-18)5-11(12)17(19)20/h3-5,18H,6-7H2,1-2H3. The van der Waals surface area contributed by atoms with Crippen LogP contribution in [-0.2, 0) is 20.3 Å². The van der Waals surface area contributed by atoms with Crippen molar-refractivity contribution < 1.29 is 14.8 Å².